The average Bonchev–Trinajstić information content (AvgIpc) is 3.18. The number of rotatable bonds is 4. The zero-order valence-corrected chi connectivity index (χ0v) is 18.8. The van der Waals surface area contributed by atoms with Gasteiger partial charge in [-0.25, -0.2) is 9.97 Å². The molecule has 0 saturated heterocycles. The zero-order chi connectivity index (χ0) is 23.2. The van der Waals surface area contributed by atoms with Crippen molar-refractivity contribution in [1.82, 2.24) is 19.5 Å². The Morgan fingerprint density at radius 3 is 2.65 bits per heavy atom. The van der Waals surface area contributed by atoms with Crippen LogP contribution in [0.3, 0.4) is 0 Å². The van der Waals surface area contributed by atoms with Gasteiger partial charge in [0.25, 0.3) is 0 Å². The zero-order valence-electron chi connectivity index (χ0n) is 18.8. The van der Waals surface area contributed by atoms with Gasteiger partial charge in [0.2, 0.25) is 11.3 Å². The molecule has 0 bridgehead atoms. The molecule has 2 aromatic carbocycles. The number of fused-ring (bicyclic) bond motifs is 4. The van der Waals surface area contributed by atoms with Gasteiger partial charge in [-0.05, 0) is 47.9 Å². The first-order valence-corrected chi connectivity index (χ1v) is 11.2. The lowest BCUT2D eigenvalue weighted by atomic mass is 10.1. The number of nitrogens with one attached hydrogen (secondary N) is 1. The lowest BCUT2D eigenvalue weighted by Crippen LogP contribution is -2.03. The van der Waals surface area contributed by atoms with Gasteiger partial charge >= 0.3 is 0 Å². The minimum Gasteiger partial charge on any atom is -0.439 e. The topological polar surface area (TPSA) is 72.8 Å². The van der Waals surface area contributed by atoms with E-state index in [2.05, 4.69) is 58.7 Å². The molecule has 4 aromatic heterocycles. The molecule has 0 fully saturated rings. The first kappa shape index (κ1) is 20.2. The van der Waals surface area contributed by atoms with Crippen LogP contribution in [0.15, 0.2) is 90.0 Å². The molecule has 34 heavy (non-hydrogen) atoms. The standard InChI is InChI=1S/C28H22N4O2/c1-17(2)18-11-13-30-26(15-18)32-23-6-4-3-5-20(23)21-8-7-19(16-24(21)32)34-27-10-9-22-28(31-27)25(33)12-14-29-22/h3-17H,1-2H3,(H,29,33). The Morgan fingerprint density at radius 1 is 0.912 bits per heavy atom. The number of aromatic amines is 1. The number of para-hydroxylation sites is 1. The quantitative estimate of drug-likeness (QED) is 0.343. The third-order valence-corrected chi connectivity index (χ3v) is 6.11. The van der Waals surface area contributed by atoms with Crippen molar-refractivity contribution in [2.24, 2.45) is 0 Å². The summed E-state index contributed by atoms with van der Waals surface area (Å²) in [4.78, 5) is 24.3. The summed E-state index contributed by atoms with van der Waals surface area (Å²) < 4.78 is 8.27. The van der Waals surface area contributed by atoms with Crippen molar-refractivity contribution in [2.45, 2.75) is 19.8 Å². The molecule has 166 valence electrons. The fourth-order valence-electron chi connectivity index (χ4n) is 4.39. The van der Waals surface area contributed by atoms with Gasteiger partial charge in [-0.15, -0.1) is 0 Å². The number of hydrogen-bond donors (Lipinski definition) is 1. The van der Waals surface area contributed by atoms with Gasteiger partial charge in [0.05, 0.1) is 16.6 Å². The second kappa shape index (κ2) is 7.85. The molecule has 0 aliphatic heterocycles. The van der Waals surface area contributed by atoms with E-state index < -0.39 is 0 Å². The Kier molecular flexibility index (Phi) is 4.66. The van der Waals surface area contributed by atoms with Crippen LogP contribution in [0.2, 0.25) is 0 Å². The van der Waals surface area contributed by atoms with Crippen LogP contribution >= 0.6 is 0 Å². The Hall–Kier alpha value is -4.45. The average molecular weight is 447 g/mol. The van der Waals surface area contributed by atoms with Crippen molar-refractivity contribution in [3.8, 4) is 17.4 Å². The van der Waals surface area contributed by atoms with Crippen LogP contribution in [0.25, 0.3) is 38.7 Å². The Balaban J connectivity index is 1.52. The lowest BCUT2D eigenvalue weighted by Gasteiger charge is -2.11. The predicted octanol–water partition coefficient (Wildman–Crippen LogP) is 6.33. The number of pyridine rings is 3. The van der Waals surface area contributed by atoms with Gasteiger partial charge in [0.1, 0.15) is 17.1 Å². The molecule has 6 rings (SSSR count). The number of nitrogens with zero attached hydrogens (tertiary/aromatic N) is 3. The van der Waals surface area contributed by atoms with E-state index in [0.717, 1.165) is 27.6 Å². The maximum Gasteiger partial charge on any atom is 0.220 e. The molecule has 0 spiro atoms. The van der Waals surface area contributed by atoms with Crippen LogP contribution in [0, 0.1) is 0 Å². The third kappa shape index (κ3) is 3.31. The monoisotopic (exact) mass is 446 g/mol. The predicted molar refractivity (Wildman–Crippen MR) is 135 cm³/mol. The summed E-state index contributed by atoms with van der Waals surface area (Å²) in [5, 5.41) is 2.26. The molecule has 1 N–H and O–H groups in total. The van der Waals surface area contributed by atoms with Crippen molar-refractivity contribution in [3.05, 3.63) is 101 Å². The van der Waals surface area contributed by atoms with Crippen LogP contribution in [-0.4, -0.2) is 19.5 Å². The van der Waals surface area contributed by atoms with Crippen molar-refractivity contribution in [3.63, 3.8) is 0 Å². The van der Waals surface area contributed by atoms with Gasteiger partial charge in [-0.2, -0.15) is 0 Å². The van der Waals surface area contributed by atoms with Gasteiger partial charge in [-0.3, -0.25) is 9.36 Å². The van der Waals surface area contributed by atoms with E-state index in [1.54, 1.807) is 18.3 Å². The smallest absolute Gasteiger partial charge is 0.220 e. The van der Waals surface area contributed by atoms with E-state index in [1.807, 2.05) is 30.5 Å². The summed E-state index contributed by atoms with van der Waals surface area (Å²) >= 11 is 0. The fourth-order valence-corrected chi connectivity index (χ4v) is 4.39. The number of benzene rings is 2. The molecule has 6 aromatic rings. The van der Waals surface area contributed by atoms with Crippen LogP contribution in [0.1, 0.15) is 25.3 Å². The molecular weight excluding hydrogens is 424 g/mol. The number of H-pyrrole nitrogens is 1. The summed E-state index contributed by atoms with van der Waals surface area (Å²) in [7, 11) is 0. The Labute approximate surface area is 195 Å². The van der Waals surface area contributed by atoms with Crippen molar-refractivity contribution < 1.29 is 4.74 Å². The van der Waals surface area contributed by atoms with Crippen LogP contribution in [-0.2, 0) is 0 Å². The molecule has 6 nitrogen and oxygen atoms in total. The number of hydrogen-bond acceptors (Lipinski definition) is 4. The molecule has 0 atom stereocenters. The number of aromatic nitrogens is 4. The highest BCUT2D eigenvalue weighted by molar-refractivity contribution is 6.09. The minimum atomic E-state index is -0.147. The van der Waals surface area contributed by atoms with Gasteiger partial charge < -0.3 is 9.72 Å². The summed E-state index contributed by atoms with van der Waals surface area (Å²) in [5.41, 5.74) is 4.18. The van der Waals surface area contributed by atoms with Crippen LogP contribution in [0.4, 0.5) is 0 Å². The SMILES string of the molecule is CC(C)c1ccnc(-n2c3ccccc3c3ccc(Oc4ccc5[nH]ccc(=O)c5n4)cc32)c1. The molecule has 0 radical (unpaired) electrons. The maximum absolute atomic E-state index is 12.2. The Bertz CT molecular complexity index is 1750. The highest BCUT2D eigenvalue weighted by Crippen LogP contribution is 2.35. The second-order valence-electron chi connectivity index (χ2n) is 8.62. The Morgan fingerprint density at radius 2 is 1.76 bits per heavy atom. The van der Waals surface area contributed by atoms with E-state index in [1.165, 1.54) is 11.6 Å². The van der Waals surface area contributed by atoms with Crippen LogP contribution < -0.4 is 10.2 Å². The van der Waals surface area contributed by atoms with Gasteiger partial charge in [-0.1, -0.05) is 32.0 Å². The fraction of sp³-hybridized carbons (Fsp3) is 0.107. The summed E-state index contributed by atoms with van der Waals surface area (Å²) in [6.45, 7) is 4.36. The minimum absolute atomic E-state index is 0.147. The van der Waals surface area contributed by atoms with E-state index in [9.17, 15) is 4.79 Å². The third-order valence-electron chi connectivity index (χ3n) is 6.11. The summed E-state index contributed by atoms with van der Waals surface area (Å²) in [6.07, 6.45) is 3.48. The van der Waals surface area contributed by atoms with Gasteiger partial charge in [0.15, 0.2) is 0 Å². The van der Waals surface area contributed by atoms with E-state index in [0.29, 0.717) is 28.6 Å². The highest BCUT2D eigenvalue weighted by atomic mass is 16.5. The van der Waals surface area contributed by atoms with Crippen LogP contribution in [0.5, 0.6) is 11.6 Å². The molecule has 0 aliphatic carbocycles. The molecule has 0 amide bonds. The molecule has 4 heterocycles. The van der Waals surface area contributed by atoms with Gasteiger partial charge in [0, 0.05) is 41.4 Å². The van der Waals surface area contributed by atoms with E-state index in [4.69, 9.17) is 9.72 Å². The first-order chi connectivity index (χ1) is 16.6. The second-order valence-corrected chi connectivity index (χ2v) is 8.62. The lowest BCUT2D eigenvalue weighted by molar-refractivity contribution is 0.465. The van der Waals surface area contributed by atoms with Crippen molar-refractivity contribution >= 4 is 32.8 Å². The van der Waals surface area contributed by atoms with Crippen molar-refractivity contribution in [1.29, 1.82) is 0 Å². The molecule has 0 saturated carbocycles. The maximum atomic E-state index is 12.2. The molecule has 6 heteroatoms. The summed E-state index contributed by atoms with van der Waals surface area (Å²) in [5.74, 6) is 2.27. The largest absolute Gasteiger partial charge is 0.439 e. The normalized spacial score (nSPS) is 11.6. The molecule has 0 unspecified atom stereocenters. The van der Waals surface area contributed by atoms with E-state index >= 15 is 0 Å². The summed E-state index contributed by atoms with van der Waals surface area (Å²) in [6, 6.07) is 23.5. The van der Waals surface area contributed by atoms with E-state index in [-0.39, 0.29) is 5.43 Å². The number of ether oxygens (including phenoxy) is 1. The molecule has 0 aliphatic rings. The first-order valence-electron chi connectivity index (χ1n) is 11.2. The van der Waals surface area contributed by atoms with Crippen molar-refractivity contribution in [2.75, 3.05) is 0 Å². The highest BCUT2D eigenvalue weighted by Gasteiger charge is 2.15. The molecular formula is C28H22N4O2.